The van der Waals surface area contributed by atoms with E-state index in [9.17, 15) is 4.79 Å². The molecular formula is C31H35N2O5+. The lowest BCUT2D eigenvalue weighted by Crippen LogP contribution is -2.87. The molecular weight excluding hydrogens is 480 g/mol. The first-order chi connectivity index (χ1) is 18.5. The third kappa shape index (κ3) is 5.34. The molecule has 4 aromatic rings. The lowest BCUT2D eigenvalue weighted by Gasteiger charge is -2.22. The van der Waals surface area contributed by atoms with E-state index in [0.717, 1.165) is 35.5 Å². The molecule has 0 fully saturated rings. The number of ether oxygens (including phenoxy) is 4. The van der Waals surface area contributed by atoms with Gasteiger partial charge in [-0.2, -0.15) is 0 Å². The number of esters is 1. The Balaban J connectivity index is 1.35. The Bertz CT molecular complexity index is 1420. The highest BCUT2D eigenvalue weighted by Gasteiger charge is 2.29. The second kappa shape index (κ2) is 11.2. The number of carbonyl (C=O) groups is 1. The van der Waals surface area contributed by atoms with Gasteiger partial charge in [0.25, 0.3) is 0 Å². The molecule has 3 aromatic carbocycles. The van der Waals surface area contributed by atoms with E-state index < -0.39 is 0 Å². The smallest absolute Gasteiger partial charge is 0.338 e. The molecule has 2 heterocycles. The quantitative estimate of drug-likeness (QED) is 0.313. The van der Waals surface area contributed by atoms with Crippen molar-refractivity contribution in [2.45, 2.75) is 32.9 Å². The van der Waals surface area contributed by atoms with Crippen LogP contribution in [0.25, 0.3) is 10.9 Å². The summed E-state index contributed by atoms with van der Waals surface area (Å²) in [7, 11) is 3.38. The minimum absolute atomic E-state index is 0.151. The standard InChI is InChI=1S/C31H34N2O5/c1-19(2)17-38-31(34)20-5-8-23(9-6-20)37-18-22-15-21(7-12-28(22)36-4)29-30-25(13-14-32-29)26-16-24(35-3)10-11-27(26)33-30/h5-12,15-16,19,29,32-33H,13-14,17-18H2,1-4H3/p+1. The lowest BCUT2D eigenvalue weighted by atomic mass is 9.93. The summed E-state index contributed by atoms with van der Waals surface area (Å²) < 4.78 is 22.5. The summed E-state index contributed by atoms with van der Waals surface area (Å²) in [4.78, 5) is 15.9. The highest BCUT2D eigenvalue weighted by molar-refractivity contribution is 5.89. The van der Waals surface area contributed by atoms with E-state index in [0.29, 0.717) is 30.4 Å². The van der Waals surface area contributed by atoms with Gasteiger partial charge in [-0.05, 0) is 72.1 Å². The van der Waals surface area contributed by atoms with Crippen LogP contribution in [-0.2, 0) is 17.8 Å². The number of quaternary nitrogens is 1. The number of hydrogen-bond acceptors (Lipinski definition) is 5. The Kier molecular flexibility index (Phi) is 7.56. The summed E-state index contributed by atoms with van der Waals surface area (Å²) in [6, 6.07) is 19.7. The van der Waals surface area contributed by atoms with Gasteiger partial charge in [0.1, 0.15) is 23.9 Å². The average molecular weight is 516 g/mol. The molecule has 1 atom stereocenters. The second-order valence-corrected chi connectivity index (χ2v) is 10.1. The summed E-state index contributed by atoms with van der Waals surface area (Å²) in [6.07, 6.45) is 1.01. The van der Waals surface area contributed by atoms with Crippen LogP contribution < -0.4 is 19.5 Å². The lowest BCUT2D eigenvalue weighted by molar-refractivity contribution is -0.690. The number of aromatic amines is 1. The molecule has 38 heavy (non-hydrogen) atoms. The molecule has 1 aliphatic rings. The van der Waals surface area contributed by atoms with Gasteiger partial charge in [-0.15, -0.1) is 0 Å². The largest absolute Gasteiger partial charge is 0.497 e. The van der Waals surface area contributed by atoms with Crippen LogP contribution in [0.15, 0.2) is 60.7 Å². The summed E-state index contributed by atoms with van der Waals surface area (Å²) in [5.74, 6) is 2.30. The number of carbonyl (C=O) groups excluding carboxylic acids is 1. The Morgan fingerprint density at radius 3 is 2.53 bits per heavy atom. The first-order valence-corrected chi connectivity index (χ1v) is 13.1. The van der Waals surface area contributed by atoms with Crippen molar-refractivity contribution in [3.63, 3.8) is 0 Å². The van der Waals surface area contributed by atoms with Gasteiger partial charge in [-0.1, -0.05) is 13.8 Å². The zero-order chi connectivity index (χ0) is 26.6. The molecule has 7 heteroatoms. The zero-order valence-corrected chi connectivity index (χ0v) is 22.4. The highest BCUT2D eigenvalue weighted by atomic mass is 16.5. The van der Waals surface area contributed by atoms with E-state index in [2.05, 4.69) is 34.6 Å². The summed E-state index contributed by atoms with van der Waals surface area (Å²) in [5.41, 5.74) is 6.38. The molecule has 0 spiro atoms. The number of rotatable bonds is 9. The maximum Gasteiger partial charge on any atom is 0.338 e. The Morgan fingerprint density at radius 2 is 1.79 bits per heavy atom. The molecule has 0 bridgehead atoms. The zero-order valence-electron chi connectivity index (χ0n) is 22.4. The maximum atomic E-state index is 12.2. The van der Waals surface area contributed by atoms with Gasteiger partial charge in [-0.25, -0.2) is 4.79 Å². The summed E-state index contributed by atoms with van der Waals surface area (Å²) >= 11 is 0. The molecule has 0 amide bonds. The number of fused-ring (bicyclic) bond motifs is 3. The van der Waals surface area contributed by atoms with Crippen molar-refractivity contribution in [2.24, 2.45) is 5.92 Å². The van der Waals surface area contributed by atoms with Crippen molar-refractivity contribution < 1.29 is 29.1 Å². The van der Waals surface area contributed by atoms with Crippen LogP contribution in [0.4, 0.5) is 0 Å². The molecule has 3 N–H and O–H groups in total. The number of benzene rings is 3. The molecule has 0 saturated heterocycles. The van der Waals surface area contributed by atoms with Crippen LogP contribution >= 0.6 is 0 Å². The number of nitrogens with two attached hydrogens (primary N) is 1. The molecule has 1 unspecified atom stereocenters. The van der Waals surface area contributed by atoms with Crippen molar-refractivity contribution >= 4 is 16.9 Å². The Morgan fingerprint density at radius 1 is 1.00 bits per heavy atom. The fraction of sp³-hybridized carbons (Fsp3) is 0.323. The van der Waals surface area contributed by atoms with E-state index in [1.165, 1.54) is 22.2 Å². The predicted octanol–water partition coefficient (Wildman–Crippen LogP) is 4.79. The van der Waals surface area contributed by atoms with E-state index in [1.807, 2.05) is 26.0 Å². The number of nitrogens with one attached hydrogen (secondary N) is 1. The topological polar surface area (TPSA) is 86.4 Å². The van der Waals surface area contributed by atoms with E-state index in [1.54, 1.807) is 38.5 Å². The van der Waals surface area contributed by atoms with Gasteiger partial charge >= 0.3 is 5.97 Å². The van der Waals surface area contributed by atoms with Crippen molar-refractivity contribution in [3.8, 4) is 17.2 Å². The molecule has 0 radical (unpaired) electrons. The minimum Gasteiger partial charge on any atom is -0.497 e. The summed E-state index contributed by atoms with van der Waals surface area (Å²) in [6.45, 7) is 5.77. The third-order valence-electron chi connectivity index (χ3n) is 6.95. The second-order valence-electron chi connectivity index (χ2n) is 10.1. The summed E-state index contributed by atoms with van der Waals surface area (Å²) in [5, 5.41) is 3.60. The Labute approximate surface area is 223 Å². The molecule has 7 nitrogen and oxygen atoms in total. The van der Waals surface area contributed by atoms with Gasteiger partial charge in [-0.3, -0.25) is 0 Å². The molecule has 198 valence electrons. The molecule has 0 saturated carbocycles. The normalized spacial score (nSPS) is 14.8. The van der Waals surface area contributed by atoms with Crippen molar-refractivity contribution in [3.05, 3.63) is 88.6 Å². The Hall–Kier alpha value is -3.97. The number of H-pyrrole nitrogens is 1. The molecule has 5 rings (SSSR count). The van der Waals surface area contributed by atoms with Crippen molar-refractivity contribution in [2.75, 3.05) is 27.4 Å². The van der Waals surface area contributed by atoms with Gasteiger partial charge in [0.15, 0.2) is 6.04 Å². The first-order valence-electron chi connectivity index (χ1n) is 13.1. The predicted molar refractivity (Wildman–Crippen MR) is 146 cm³/mol. The van der Waals surface area contributed by atoms with Gasteiger partial charge < -0.3 is 29.2 Å². The van der Waals surface area contributed by atoms with Crippen LogP contribution in [0, 0.1) is 5.92 Å². The third-order valence-corrected chi connectivity index (χ3v) is 6.95. The SMILES string of the molecule is COc1ccc2[nH]c3c(c2c1)CC[NH2+]C3c1ccc(OC)c(COc2ccc(C(=O)OCC(C)C)cc2)c1. The van der Waals surface area contributed by atoms with Crippen LogP contribution in [0.5, 0.6) is 17.2 Å². The van der Waals surface area contributed by atoms with Gasteiger partial charge in [0.05, 0.1) is 38.6 Å². The van der Waals surface area contributed by atoms with Crippen LogP contribution in [0.2, 0.25) is 0 Å². The van der Waals surface area contributed by atoms with Crippen LogP contribution in [-0.4, -0.2) is 38.3 Å². The fourth-order valence-corrected chi connectivity index (χ4v) is 5.00. The van der Waals surface area contributed by atoms with Gasteiger partial charge in [0, 0.05) is 28.5 Å². The van der Waals surface area contributed by atoms with E-state index >= 15 is 0 Å². The minimum atomic E-state index is -0.321. The number of methoxy groups -OCH3 is 2. The van der Waals surface area contributed by atoms with Crippen molar-refractivity contribution in [1.82, 2.24) is 4.98 Å². The van der Waals surface area contributed by atoms with E-state index in [-0.39, 0.29) is 12.0 Å². The molecule has 1 aliphatic heterocycles. The first kappa shape index (κ1) is 25.7. The fourth-order valence-electron chi connectivity index (χ4n) is 5.00. The highest BCUT2D eigenvalue weighted by Crippen LogP contribution is 2.34. The monoisotopic (exact) mass is 515 g/mol. The van der Waals surface area contributed by atoms with Crippen LogP contribution in [0.1, 0.15) is 52.6 Å². The number of hydrogen-bond donors (Lipinski definition) is 2. The van der Waals surface area contributed by atoms with Crippen LogP contribution in [0.3, 0.4) is 0 Å². The number of aromatic nitrogens is 1. The van der Waals surface area contributed by atoms with Crippen molar-refractivity contribution in [1.29, 1.82) is 0 Å². The molecule has 0 aliphatic carbocycles. The van der Waals surface area contributed by atoms with E-state index in [4.69, 9.17) is 18.9 Å². The van der Waals surface area contributed by atoms with Gasteiger partial charge in [0.2, 0.25) is 0 Å². The maximum absolute atomic E-state index is 12.2. The molecule has 1 aromatic heterocycles. The average Bonchev–Trinajstić information content (AvgIpc) is 3.33.